The Bertz CT molecular complexity index is 664. The van der Waals surface area contributed by atoms with Crippen molar-refractivity contribution >= 4 is 23.3 Å². The molecule has 0 saturated carbocycles. The second-order valence-electron chi connectivity index (χ2n) is 4.43. The number of rotatable bonds is 3. The maximum absolute atomic E-state index is 11.9. The zero-order valence-electron chi connectivity index (χ0n) is 11.0. The highest BCUT2D eigenvalue weighted by Gasteiger charge is 2.36. The largest absolute Gasteiger partial charge is 0.473 e. The van der Waals surface area contributed by atoms with Crippen molar-refractivity contribution in [2.45, 2.75) is 19.1 Å². The molecule has 0 N–H and O–H groups in total. The van der Waals surface area contributed by atoms with Gasteiger partial charge in [0.25, 0.3) is 0 Å². The molecule has 1 aliphatic rings. The summed E-state index contributed by atoms with van der Waals surface area (Å²) in [6.07, 6.45) is 2.56. The Morgan fingerprint density at radius 3 is 3.05 bits per heavy atom. The van der Waals surface area contributed by atoms with E-state index in [1.165, 1.54) is 6.40 Å². The zero-order valence-corrected chi connectivity index (χ0v) is 11.0. The molecule has 102 valence electrons. The number of para-hydroxylation sites is 1. The van der Waals surface area contributed by atoms with Gasteiger partial charge in [-0.15, -0.1) is 0 Å². The van der Waals surface area contributed by atoms with Crippen LogP contribution in [0.2, 0.25) is 0 Å². The number of aliphatic imine (C=N–C) groups is 1. The molecule has 0 fully saturated rings. The van der Waals surface area contributed by atoms with Crippen LogP contribution >= 0.6 is 0 Å². The van der Waals surface area contributed by atoms with Gasteiger partial charge in [0.15, 0.2) is 18.5 Å². The molecule has 0 aliphatic carbocycles. The van der Waals surface area contributed by atoms with Gasteiger partial charge in [0, 0.05) is 17.1 Å². The van der Waals surface area contributed by atoms with Crippen molar-refractivity contribution in [3.8, 4) is 0 Å². The topological polar surface area (TPSA) is 60.8 Å². The third kappa shape index (κ3) is 2.11. The number of nitrogens with zero attached hydrogens (tertiary/aromatic N) is 2. The van der Waals surface area contributed by atoms with Crippen molar-refractivity contribution in [3.05, 3.63) is 42.1 Å². The average Bonchev–Trinajstić information content (AvgIpc) is 2.96. The minimum absolute atomic E-state index is 0.325. The molecule has 1 aliphatic heterocycles. The molecule has 2 aromatic rings. The van der Waals surface area contributed by atoms with E-state index in [9.17, 15) is 4.79 Å². The fourth-order valence-corrected chi connectivity index (χ4v) is 2.33. The number of hydrogen-bond donors (Lipinski definition) is 0. The van der Waals surface area contributed by atoms with Crippen molar-refractivity contribution in [1.29, 1.82) is 0 Å². The number of fused-ring (bicyclic) bond motifs is 1. The van der Waals surface area contributed by atoms with Crippen LogP contribution in [0.4, 0.5) is 0 Å². The minimum atomic E-state index is -0.664. The number of carbonyl (C=O) groups excluding carboxylic acids is 1. The van der Waals surface area contributed by atoms with Crippen LogP contribution in [-0.2, 0) is 14.3 Å². The van der Waals surface area contributed by atoms with Crippen LogP contribution < -0.4 is 0 Å². The first-order chi connectivity index (χ1) is 9.81. The van der Waals surface area contributed by atoms with Gasteiger partial charge in [-0.1, -0.05) is 24.3 Å². The van der Waals surface area contributed by atoms with Crippen LogP contribution in [0.5, 0.6) is 0 Å². The maximum Gasteiger partial charge on any atom is 0.335 e. The second-order valence-corrected chi connectivity index (χ2v) is 4.43. The van der Waals surface area contributed by atoms with E-state index >= 15 is 0 Å². The summed E-state index contributed by atoms with van der Waals surface area (Å²) in [6, 6.07) is 8.98. The van der Waals surface area contributed by atoms with Crippen LogP contribution in [-0.4, -0.2) is 30.0 Å². The molecule has 1 aromatic carbocycles. The summed E-state index contributed by atoms with van der Waals surface area (Å²) in [7, 11) is 0. The quantitative estimate of drug-likeness (QED) is 0.803. The van der Waals surface area contributed by atoms with Crippen LogP contribution in [0.3, 0.4) is 0 Å². The molecule has 2 unspecified atom stereocenters. The van der Waals surface area contributed by atoms with Gasteiger partial charge in [0.2, 0.25) is 0 Å². The first-order valence-electron chi connectivity index (χ1n) is 6.48. The molecule has 2 heterocycles. The Morgan fingerprint density at radius 1 is 1.35 bits per heavy atom. The normalized spacial score (nSPS) is 20.9. The van der Waals surface area contributed by atoms with Crippen molar-refractivity contribution in [2.75, 3.05) is 6.61 Å². The lowest BCUT2D eigenvalue weighted by atomic mass is 10.00. The van der Waals surface area contributed by atoms with E-state index in [4.69, 9.17) is 9.47 Å². The fourth-order valence-electron chi connectivity index (χ4n) is 2.33. The van der Waals surface area contributed by atoms with Gasteiger partial charge in [-0.3, -0.25) is 4.98 Å². The van der Waals surface area contributed by atoms with E-state index in [2.05, 4.69) is 9.98 Å². The molecule has 0 radical (unpaired) electrons. The fraction of sp³-hybridized carbons (Fsp3) is 0.267. The summed E-state index contributed by atoms with van der Waals surface area (Å²) in [6.45, 7) is 2.09. The molecule has 5 heteroatoms. The summed E-state index contributed by atoms with van der Waals surface area (Å²) in [5.41, 5.74) is 1.67. The molecule has 1 aromatic heterocycles. The van der Waals surface area contributed by atoms with E-state index in [0.29, 0.717) is 6.61 Å². The zero-order chi connectivity index (χ0) is 13.9. The summed E-state index contributed by atoms with van der Waals surface area (Å²) < 4.78 is 10.5. The summed E-state index contributed by atoms with van der Waals surface area (Å²) in [5, 5.41) is 1.00. The van der Waals surface area contributed by atoms with Gasteiger partial charge in [-0.25, -0.2) is 9.79 Å². The minimum Gasteiger partial charge on any atom is -0.473 e. The van der Waals surface area contributed by atoms with Crippen molar-refractivity contribution < 1.29 is 14.3 Å². The molecular weight excluding hydrogens is 256 g/mol. The van der Waals surface area contributed by atoms with E-state index < -0.39 is 12.1 Å². The summed E-state index contributed by atoms with van der Waals surface area (Å²) in [4.78, 5) is 20.4. The number of carbonyl (C=O) groups is 1. The highest BCUT2D eigenvalue weighted by molar-refractivity contribution is 5.85. The Balaban J connectivity index is 2.00. The van der Waals surface area contributed by atoms with Crippen molar-refractivity contribution in [1.82, 2.24) is 4.98 Å². The molecule has 0 bridgehead atoms. The molecule has 0 saturated heterocycles. The van der Waals surface area contributed by atoms with Gasteiger partial charge in [-0.2, -0.15) is 0 Å². The Kier molecular flexibility index (Phi) is 3.33. The van der Waals surface area contributed by atoms with Crippen LogP contribution in [0.15, 0.2) is 41.5 Å². The lowest BCUT2D eigenvalue weighted by Gasteiger charge is -2.17. The van der Waals surface area contributed by atoms with E-state index in [-0.39, 0.29) is 5.97 Å². The van der Waals surface area contributed by atoms with Crippen LogP contribution in [0, 0.1) is 0 Å². The molecule has 0 spiro atoms. The number of hydrogen-bond acceptors (Lipinski definition) is 5. The van der Waals surface area contributed by atoms with Gasteiger partial charge in [0.1, 0.15) is 0 Å². The Hall–Kier alpha value is -2.43. The van der Waals surface area contributed by atoms with Crippen molar-refractivity contribution in [3.63, 3.8) is 0 Å². The highest BCUT2D eigenvalue weighted by atomic mass is 16.5. The SMILES string of the molecule is CCOC(=O)C1N=COC1c1cccc2cccnc12. The second kappa shape index (κ2) is 5.28. The average molecular weight is 270 g/mol. The van der Waals surface area contributed by atoms with Crippen LogP contribution in [0.25, 0.3) is 10.9 Å². The standard InChI is InChI=1S/C15H14N2O3/c1-2-19-15(18)13-14(20-9-17-13)11-7-3-5-10-6-4-8-16-12(10)11/h3-9,13-14H,2H2,1H3. The third-order valence-corrected chi connectivity index (χ3v) is 3.21. The van der Waals surface area contributed by atoms with E-state index in [1.54, 1.807) is 13.1 Å². The predicted octanol–water partition coefficient (Wildman–Crippen LogP) is 2.27. The van der Waals surface area contributed by atoms with Gasteiger partial charge >= 0.3 is 5.97 Å². The molecule has 20 heavy (non-hydrogen) atoms. The molecule has 3 rings (SSSR count). The van der Waals surface area contributed by atoms with Gasteiger partial charge in [-0.05, 0) is 13.0 Å². The first-order valence-corrected chi connectivity index (χ1v) is 6.48. The van der Waals surface area contributed by atoms with E-state index in [1.807, 2.05) is 30.3 Å². The predicted molar refractivity (Wildman–Crippen MR) is 74.5 cm³/mol. The van der Waals surface area contributed by atoms with E-state index in [0.717, 1.165) is 16.5 Å². The smallest absolute Gasteiger partial charge is 0.335 e. The summed E-state index contributed by atoms with van der Waals surface area (Å²) in [5.74, 6) is -0.376. The number of ether oxygens (including phenoxy) is 2. The third-order valence-electron chi connectivity index (χ3n) is 3.21. The Labute approximate surface area is 116 Å². The van der Waals surface area contributed by atoms with Crippen LogP contribution in [0.1, 0.15) is 18.6 Å². The van der Waals surface area contributed by atoms with Gasteiger partial charge < -0.3 is 9.47 Å². The summed E-state index contributed by atoms with van der Waals surface area (Å²) >= 11 is 0. The first kappa shape index (κ1) is 12.6. The molecule has 2 atom stereocenters. The molecule has 0 amide bonds. The lowest BCUT2D eigenvalue weighted by Crippen LogP contribution is -2.26. The highest BCUT2D eigenvalue weighted by Crippen LogP contribution is 2.31. The monoisotopic (exact) mass is 270 g/mol. The number of esters is 1. The number of aromatic nitrogens is 1. The molecule has 5 nitrogen and oxygen atoms in total. The van der Waals surface area contributed by atoms with Gasteiger partial charge in [0.05, 0.1) is 12.1 Å². The Morgan fingerprint density at radius 2 is 2.20 bits per heavy atom. The van der Waals surface area contributed by atoms with Crippen molar-refractivity contribution in [2.24, 2.45) is 4.99 Å². The lowest BCUT2D eigenvalue weighted by molar-refractivity contribution is -0.146. The number of pyridine rings is 1. The molecular formula is C15H14N2O3. The number of benzene rings is 1. The maximum atomic E-state index is 11.9.